The van der Waals surface area contributed by atoms with Gasteiger partial charge in [0.05, 0.1) is 0 Å². The Balaban J connectivity index is 0.00000200. The van der Waals surface area contributed by atoms with Crippen LogP contribution in [0.25, 0.3) is 0 Å². The maximum Gasteiger partial charge on any atom is 0.0317 e. The van der Waals surface area contributed by atoms with Gasteiger partial charge in [0, 0.05) is 24.3 Å². The van der Waals surface area contributed by atoms with Crippen molar-refractivity contribution in [2.24, 2.45) is 0 Å². The molecule has 3 nitrogen and oxygen atoms in total. The van der Waals surface area contributed by atoms with Crippen LogP contribution in [0.1, 0.15) is 32.3 Å². The molecule has 122 valence electrons. The van der Waals surface area contributed by atoms with E-state index in [2.05, 4.69) is 42.8 Å². The van der Waals surface area contributed by atoms with Crippen LogP contribution in [0.4, 0.5) is 5.69 Å². The number of piperidine rings is 1. The van der Waals surface area contributed by atoms with Gasteiger partial charge in [-0.15, -0.1) is 24.8 Å². The van der Waals surface area contributed by atoms with Gasteiger partial charge in [0.25, 0.3) is 0 Å². The molecule has 0 bridgehead atoms. The largest absolute Gasteiger partial charge is 0.399 e. The summed E-state index contributed by atoms with van der Waals surface area (Å²) >= 11 is 0. The van der Waals surface area contributed by atoms with E-state index in [-0.39, 0.29) is 24.8 Å². The van der Waals surface area contributed by atoms with Gasteiger partial charge in [0.1, 0.15) is 0 Å². The van der Waals surface area contributed by atoms with Gasteiger partial charge in [-0.1, -0.05) is 19.1 Å². The molecular formula is C16H29Cl2N3. The van der Waals surface area contributed by atoms with Gasteiger partial charge in [-0.25, -0.2) is 0 Å². The molecule has 5 heteroatoms. The van der Waals surface area contributed by atoms with Crippen molar-refractivity contribution < 1.29 is 0 Å². The third-order valence-electron chi connectivity index (χ3n) is 4.40. The lowest BCUT2D eigenvalue weighted by Gasteiger charge is -2.40. The minimum atomic E-state index is 0. The first-order chi connectivity index (χ1) is 9.10. The van der Waals surface area contributed by atoms with E-state index in [1.54, 1.807) is 0 Å². The fourth-order valence-corrected chi connectivity index (χ4v) is 3.17. The molecule has 0 aliphatic carbocycles. The smallest absolute Gasteiger partial charge is 0.0317 e. The highest BCUT2D eigenvalue weighted by molar-refractivity contribution is 5.85. The van der Waals surface area contributed by atoms with Crippen LogP contribution >= 0.6 is 24.8 Å². The Morgan fingerprint density at radius 3 is 2.62 bits per heavy atom. The summed E-state index contributed by atoms with van der Waals surface area (Å²) in [5, 5.41) is 0. The highest BCUT2D eigenvalue weighted by Crippen LogP contribution is 2.22. The highest BCUT2D eigenvalue weighted by Gasteiger charge is 2.26. The minimum absolute atomic E-state index is 0. The van der Waals surface area contributed by atoms with E-state index in [0.29, 0.717) is 12.1 Å². The lowest BCUT2D eigenvalue weighted by atomic mass is 9.97. The first kappa shape index (κ1) is 20.5. The molecule has 0 radical (unpaired) electrons. The van der Waals surface area contributed by atoms with Crippen molar-refractivity contribution in [3.63, 3.8) is 0 Å². The summed E-state index contributed by atoms with van der Waals surface area (Å²) in [5.41, 5.74) is 8.02. The van der Waals surface area contributed by atoms with Crippen molar-refractivity contribution in [2.75, 3.05) is 25.9 Å². The van der Waals surface area contributed by atoms with Gasteiger partial charge in [-0.05, 0) is 57.6 Å². The Hall–Kier alpha value is -0.480. The number of rotatable bonds is 4. The van der Waals surface area contributed by atoms with Gasteiger partial charge in [-0.2, -0.15) is 0 Å². The third kappa shape index (κ3) is 5.67. The van der Waals surface area contributed by atoms with E-state index in [1.807, 2.05) is 12.1 Å². The van der Waals surface area contributed by atoms with Gasteiger partial charge >= 0.3 is 0 Å². The third-order valence-corrected chi connectivity index (χ3v) is 4.40. The van der Waals surface area contributed by atoms with Crippen molar-refractivity contribution in [3.8, 4) is 0 Å². The molecule has 2 N–H and O–H groups in total. The van der Waals surface area contributed by atoms with Gasteiger partial charge < -0.3 is 10.6 Å². The number of nitrogen functional groups attached to an aromatic ring is 1. The normalized spacial score (nSPS) is 22.5. The Morgan fingerprint density at radius 2 is 2.05 bits per heavy atom. The maximum atomic E-state index is 5.85. The van der Waals surface area contributed by atoms with Crippen molar-refractivity contribution in [2.45, 2.75) is 45.3 Å². The summed E-state index contributed by atoms with van der Waals surface area (Å²) < 4.78 is 0. The topological polar surface area (TPSA) is 32.5 Å². The van der Waals surface area contributed by atoms with Crippen LogP contribution in [0, 0.1) is 0 Å². The van der Waals surface area contributed by atoms with E-state index in [9.17, 15) is 0 Å². The number of likely N-dealkylation sites (tertiary alicyclic amines) is 1. The molecule has 2 unspecified atom stereocenters. The highest BCUT2D eigenvalue weighted by atomic mass is 35.5. The van der Waals surface area contributed by atoms with E-state index in [1.165, 1.54) is 31.5 Å². The molecule has 1 aromatic carbocycles. The van der Waals surface area contributed by atoms with Crippen LogP contribution in [0.2, 0.25) is 0 Å². The molecular weight excluding hydrogens is 305 g/mol. The average Bonchev–Trinajstić information content (AvgIpc) is 2.38. The quantitative estimate of drug-likeness (QED) is 0.857. The van der Waals surface area contributed by atoms with Crippen LogP contribution in [0.3, 0.4) is 0 Å². The minimum Gasteiger partial charge on any atom is -0.399 e. The summed E-state index contributed by atoms with van der Waals surface area (Å²) in [5.74, 6) is 0. The molecule has 1 heterocycles. The number of nitrogens with two attached hydrogens (primary N) is 1. The zero-order valence-electron chi connectivity index (χ0n) is 13.3. The summed E-state index contributed by atoms with van der Waals surface area (Å²) in [6.07, 6.45) is 2.55. The zero-order chi connectivity index (χ0) is 13.8. The molecule has 2 atom stereocenters. The molecule has 21 heavy (non-hydrogen) atoms. The van der Waals surface area contributed by atoms with E-state index in [0.717, 1.165) is 12.2 Å². The molecule has 1 aromatic rings. The van der Waals surface area contributed by atoms with E-state index < -0.39 is 0 Å². The Labute approximate surface area is 141 Å². The molecule has 0 spiro atoms. The number of anilines is 1. The van der Waals surface area contributed by atoms with Crippen molar-refractivity contribution in [1.82, 2.24) is 9.80 Å². The van der Waals surface area contributed by atoms with Gasteiger partial charge in [0.2, 0.25) is 0 Å². The number of nitrogens with zero attached hydrogens (tertiary/aromatic N) is 2. The standard InChI is InChI=1S/C16H27N3.2ClH/c1-4-19-9-8-16(10-13(19)2)18(3)12-14-6-5-7-15(17)11-14;;/h5-7,11,13,16H,4,8-10,12,17H2,1-3H3;2*1H. The van der Waals surface area contributed by atoms with Gasteiger partial charge in [-0.3, -0.25) is 4.90 Å². The van der Waals surface area contributed by atoms with Crippen molar-refractivity contribution in [3.05, 3.63) is 29.8 Å². The summed E-state index contributed by atoms with van der Waals surface area (Å²) in [7, 11) is 2.24. The maximum absolute atomic E-state index is 5.85. The second-order valence-corrected chi connectivity index (χ2v) is 5.82. The van der Waals surface area contributed by atoms with E-state index in [4.69, 9.17) is 5.73 Å². The van der Waals surface area contributed by atoms with Crippen LogP contribution in [-0.4, -0.2) is 42.0 Å². The molecule has 0 saturated carbocycles. The zero-order valence-corrected chi connectivity index (χ0v) is 14.9. The van der Waals surface area contributed by atoms with E-state index >= 15 is 0 Å². The SMILES string of the molecule is CCN1CCC(N(C)Cc2cccc(N)c2)CC1C.Cl.Cl. The van der Waals surface area contributed by atoms with Crippen molar-refractivity contribution >= 4 is 30.5 Å². The van der Waals surface area contributed by atoms with Crippen LogP contribution in [0.15, 0.2) is 24.3 Å². The molecule has 1 aliphatic rings. The number of benzene rings is 1. The van der Waals surface area contributed by atoms with Crippen LogP contribution in [0.5, 0.6) is 0 Å². The first-order valence-corrected chi connectivity index (χ1v) is 7.39. The van der Waals surface area contributed by atoms with Crippen LogP contribution in [-0.2, 0) is 6.54 Å². The lowest BCUT2D eigenvalue weighted by Crippen LogP contribution is -2.47. The Kier molecular flexibility index (Phi) is 9.30. The molecule has 2 rings (SSSR count). The van der Waals surface area contributed by atoms with Crippen LogP contribution < -0.4 is 5.73 Å². The second kappa shape index (κ2) is 9.52. The van der Waals surface area contributed by atoms with Crippen molar-refractivity contribution in [1.29, 1.82) is 0 Å². The monoisotopic (exact) mass is 333 g/mol. The predicted octanol–water partition coefficient (Wildman–Crippen LogP) is 3.42. The molecule has 1 fully saturated rings. The number of hydrogen-bond acceptors (Lipinski definition) is 3. The summed E-state index contributed by atoms with van der Waals surface area (Å²) in [4.78, 5) is 5.06. The first-order valence-electron chi connectivity index (χ1n) is 7.39. The second-order valence-electron chi connectivity index (χ2n) is 5.82. The average molecular weight is 334 g/mol. The lowest BCUT2D eigenvalue weighted by molar-refractivity contribution is 0.0863. The fraction of sp³-hybridized carbons (Fsp3) is 0.625. The molecule has 0 aromatic heterocycles. The van der Waals surface area contributed by atoms with Gasteiger partial charge in [0.15, 0.2) is 0 Å². The Morgan fingerprint density at radius 1 is 1.33 bits per heavy atom. The summed E-state index contributed by atoms with van der Waals surface area (Å²) in [6.45, 7) is 8.00. The number of halogens is 2. The Bertz CT molecular complexity index is 414. The predicted molar refractivity (Wildman–Crippen MR) is 96.5 cm³/mol. The molecule has 1 saturated heterocycles. The number of hydrogen-bond donors (Lipinski definition) is 1. The summed E-state index contributed by atoms with van der Waals surface area (Å²) in [6, 6.07) is 9.64. The molecule has 0 amide bonds. The fourth-order valence-electron chi connectivity index (χ4n) is 3.17. The molecule has 1 aliphatic heterocycles.